The van der Waals surface area contributed by atoms with Crippen LogP contribution in [0.4, 0.5) is 0 Å². The van der Waals surface area contributed by atoms with Crippen molar-refractivity contribution in [2.24, 2.45) is 5.73 Å². The van der Waals surface area contributed by atoms with Gasteiger partial charge in [-0.05, 0) is 19.1 Å². The van der Waals surface area contributed by atoms with E-state index in [0.717, 1.165) is 22.6 Å². The lowest BCUT2D eigenvalue weighted by molar-refractivity contribution is 0.426. The molecule has 72 valence electrons. The minimum absolute atomic E-state index is 0.437. The van der Waals surface area contributed by atoms with Gasteiger partial charge in [0, 0.05) is 30.1 Å². The van der Waals surface area contributed by atoms with Crippen molar-refractivity contribution in [1.29, 1.82) is 0 Å². The average molecular weight is 189 g/mol. The SMILES string of the molecule is Cc1noc(-c2ccncc2)c1CN. The van der Waals surface area contributed by atoms with Crippen LogP contribution in [0.2, 0.25) is 0 Å². The number of aryl methyl sites for hydroxylation is 1. The highest BCUT2D eigenvalue weighted by Crippen LogP contribution is 2.24. The topological polar surface area (TPSA) is 64.9 Å². The highest BCUT2D eigenvalue weighted by atomic mass is 16.5. The van der Waals surface area contributed by atoms with Crippen LogP contribution in [-0.2, 0) is 6.54 Å². The number of nitrogens with two attached hydrogens (primary N) is 1. The maximum Gasteiger partial charge on any atom is 0.171 e. The van der Waals surface area contributed by atoms with Crippen LogP contribution in [0.1, 0.15) is 11.3 Å². The van der Waals surface area contributed by atoms with Gasteiger partial charge in [-0.2, -0.15) is 0 Å². The standard InChI is InChI=1S/C10H11N3O/c1-7-9(6-11)10(14-13-7)8-2-4-12-5-3-8/h2-5H,6,11H2,1H3. The van der Waals surface area contributed by atoms with Crippen molar-refractivity contribution in [3.8, 4) is 11.3 Å². The lowest BCUT2D eigenvalue weighted by atomic mass is 10.1. The van der Waals surface area contributed by atoms with Crippen LogP contribution >= 0.6 is 0 Å². The van der Waals surface area contributed by atoms with E-state index >= 15 is 0 Å². The van der Waals surface area contributed by atoms with Crippen molar-refractivity contribution in [2.45, 2.75) is 13.5 Å². The van der Waals surface area contributed by atoms with Crippen molar-refractivity contribution in [1.82, 2.24) is 10.1 Å². The monoisotopic (exact) mass is 189 g/mol. The first kappa shape index (κ1) is 8.90. The number of hydrogen-bond donors (Lipinski definition) is 1. The van der Waals surface area contributed by atoms with Crippen molar-refractivity contribution in [2.75, 3.05) is 0 Å². The lowest BCUT2D eigenvalue weighted by Gasteiger charge is -1.97. The number of rotatable bonds is 2. The summed E-state index contributed by atoms with van der Waals surface area (Å²) in [5.74, 6) is 0.743. The number of nitrogens with zero attached hydrogens (tertiary/aromatic N) is 2. The predicted molar refractivity (Wildman–Crippen MR) is 52.4 cm³/mol. The third-order valence-electron chi connectivity index (χ3n) is 2.13. The second-order valence-corrected chi connectivity index (χ2v) is 3.02. The largest absolute Gasteiger partial charge is 0.356 e. The van der Waals surface area contributed by atoms with Crippen LogP contribution in [0.15, 0.2) is 29.0 Å². The van der Waals surface area contributed by atoms with Crippen LogP contribution in [0.3, 0.4) is 0 Å². The summed E-state index contributed by atoms with van der Waals surface area (Å²) >= 11 is 0. The van der Waals surface area contributed by atoms with E-state index in [0.29, 0.717) is 6.54 Å². The molecule has 0 unspecified atom stereocenters. The Kier molecular flexibility index (Phi) is 2.28. The zero-order chi connectivity index (χ0) is 9.97. The van der Waals surface area contributed by atoms with Crippen LogP contribution in [0, 0.1) is 6.92 Å². The van der Waals surface area contributed by atoms with Gasteiger partial charge in [-0.3, -0.25) is 4.98 Å². The van der Waals surface area contributed by atoms with E-state index < -0.39 is 0 Å². The summed E-state index contributed by atoms with van der Waals surface area (Å²) in [6, 6.07) is 3.75. The Hall–Kier alpha value is -1.68. The van der Waals surface area contributed by atoms with Gasteiger partial charge in [0.05, 0.1) is 5.69 Å². The molecule has 0 saturated carbocycles. The molecule has 2 rings (SSSR count). The van der Waals surface area contributed by atoms with Gasteiger partial charge in [-0.1, -0.05) is 5.16 Å². The predicted octanol–water partition coefficient (Wildman–Crippen LogP) is 1.50. The second-order valence-electron chi connectivity index (χ2n) is 3.02. The maximum absolute atomic E-state index is 5.62. The maximum atomic E-state index is 5.62. The fourth-order valence-corrected chi connectivity index (χ4v) is 1.36. The molecule has 2 aromatic rings. The normalized spacial score (nSPS) is 10.4. The summed E-state index contributed by atoms with van der Waals surface area (Å²) in [6.07, 6.45) is 3.43. The summed E-state index contributed by atoms with van der Waals surface area (Å²) in [4.78, 5) is 3.94. The van der Waals surface area contributed by atoms with E-state index in [9.17, 15) is 0 Å². The molecule has 0 aliphatic carbocycles. The van der Waals surface area contributed by atoms with Crippen LogP contribution < -0.4 is 5.73 Å². The van der Waals surface area contributed by atoms with Gasteiger partial charge in [0.1, 0.15) is 0 Å². The molecule has 0 fully saturated rings. The second kappa shape index (κ2) is 3.59. The van der Waals surface area contributed by atoms with Crippen LogP contribution in [-0.4, -0.2) is 10.1 Å². The Bertz CT molecular complexity index is 422. The Morgan fingerprint density at radius 2 is 2.07 bits per heavy atom. The molecule has 0 radical (unpaired) electrons. The van der Waals surface area contributed by atoms with Crippen molar-refractivity contribution < 1.29 is 4.52 Å². The van der Waals surface area contributed by atoms with E-state index in [-0.39, 0.29) is 0 Å². The summed E-state index contributed by atoms with van der Waals surface area (Å²) in [6.45, 7) is 2.32. The lowest BCUT2D eigenvalue weighted by Crippen LogP contribution is -1.98. The third kappa shape index (κ3) is 1.40. The third-order valence-corrected chi connectivity index (χ3v) is 2.13. The fraction of sp³-hybridized carbons (Fsp3) is 0.200. The molecular weight excluding hydrogens is 178 g/mol. The van der Waals surface area contributed by atoms with Crippen LogP contribution in [0.25, 0.3) is 11.3 Å². The Labute approximate surface area is 81.7 Å². The number of pyridine rings is 1. The molecule has 0 bridgehead atoms. The highest BCUT2D eigenvalue weighted by Gasteiger charge is 2.12. The van der Waals surface area contributed by atoms with Gasteiger partial charge in [0.2, 0.25) is 0 Å². The first-order chi connectivity index (χ1) is 6.83. The van der Waals surface area contributed by atoms with Gasteiger partial charge in [-0.25, -0.2) is 0 Å². The molecule has 2 heterocycles. The molecule has 0 amide bonds. The highest BCUT2D eigenvalue weighted by molar-refractivity contribution is 5.61. The molecule has 0 aromatic carbocycles. The zero-order valence-electron chi connectivity index (χ0n) is 7.90. The van der Waals surface area contributed by atoms with Gasteiger partial charge in [0.25, 0.3) is 0 Å². The molecule has 2 N–H and O–H groups in total. The molecule has 4 nitrogen and oxygen atoms in total. The van der Waals surface area contributed by atoms with Crippen LogP contribution in [0.5, 0.6) is 0 Å². The molecule has 14 heavy (non-hydrogen) atoms. The van der Waals surface area contributed by atoms with Gasteiger partial charge < -0.3 is 10.3 Å². The van der Waals surface area contributed by atoms with E-state index in [1.54, 1.807) is 12.4 Å². The summed E-state index contributed by atoms with van der Waals surface area (Å²) < 4.78 is 5.21. The summed E-state index contributed by atoms with van der Waals surface area (Å²) in [5.41, 5.74) is 8.38. The quantitative estimate of drug-likeness (QED) is 0.777. The molecule has 0 atom stereocenters. The zero-order valence-corrected chi connectivity index (χ0v) is 7.90. The number of aromatic nitrogens is 2. The fourth-order valence-electron chi connectivity index (χ4n) is 1.36. The minimum atomic E-state index is 0.437. The Morgan fingerprint density at radius 1 is 1.36 bits per heavy atom. The van der Waals surface area contributed by atoms with E-state index in [2.05, 4.69) is 10.1 Å². The summed E-state index contributed by atoms with van der Waals surface area (Å²) in [5, 5.41) is 3.89. The molecule has 2 aromatic heterocycles. The van der Waals surface area contributed by atoms with E-state index in [4.69, 9.17) is 10.3 Å². The number of hydrogen-bond acceptors (Lipinski definition) is 4. The minimum Gasteiger partial charge on any atom is -0.356 e. The smallest absolute Gasteiger partial charge is 0.171 e. The van der Waals surface area contributed by atoms with Gasteiger partial charge in [-0.15, -0.1) is 0 Å². The van der Waals surface area contributed by atoms with Gasteiger partial charge >= 0.3 is 0 Å². The molecule has 0 aliphatic heterocycles. The Balaban J connectivity index is 2.52. The molecule has 0 saturated heterocycles. The van der Waals surface area contributed by atoms with Crippen molar-refractivity contribution in [3.63, 3.8) is 0 Å². The van der Waals surface area contributed by atoms with Gasteiger partial charge in [0.15, 0.2) is 5.76 Å². The van der Waals surface area contributed by atoms with Crippen molar-refractivity contribution >= 4 is 0 Å². The molecular formula is C10H11N3O. The first-order valence-electron chi connectivity index (χ1n) is 4.38. The Morgan fingerprint density at radius 3 is 2.71 bits per heavy atom. The molecule has 4 heteroatoms. The van der Waals surface area contributed by atoms with E-state index in [1.807, 2.05) is 19.1 Å². The van der Waals surface area contributed by atoms with Crippen molar-refractivity contribution in [3.05, 3.63) is 35.8 Å². The molecule has 0 spiro atoms. The first-order valence-corrected chi connectivity index (χ1v) is 4.38. The molecule has 0 aliphatic rings. The summed E-state index contributed by atoms with van der Waals surface area (Å²) in [7, 11) is 0. The van der Waals surface area contributed by atoms with E-state index in [1.165, 1.54) is 0 Å². The average Bonchev–Trinajstić information content (AvgIpc) is 2.61.